The zero-order valence-electron chi connectivity index (χ0n) is 16.5. The summed E-state index contributed by atoms with van der Waals surface area (Å²) in [6.45, 7) is 3.92. The second-order valence-corrected chi connectivity index (χ2v) is 6.20. The molecule has 2 rings (SSSR count). The van der Waals surface area contributed by atoms with Crippen LogP contribution in [0.5, 0.6) is 11.5 Å². The fraction of sp³-hybridized carbons (Fsp3) is 0.286. The molecular formula is C21H25N3O4. The first kappa shape index (κ1) is 21.0. The number of nitrogens with zero attached hydrogens (tertiary/aromatic N) is 1. The minimum atomic E-state index is -0.347. The van der Waals surface area contributed by atoms with Crippen molar-refractivity contribution in [2.45, 2.75) is 26.7 Å². The standard InChI is InChI=1S/C21H25N3O4/c1-14-6-5-7-18(15(14)2)23-20(25)10-11-21(26)24-22-13-16-8-9-17(27-3)12-19(16)28-4/h5-9,12-13H,10-11H2,1-4H3,(H,23,25)(H,24,26). The molecule has 7 nitrogen and oxygen atoms in total. The molecule has 148 valence electrons. The molecule has 7 heteroatoms. The molecule has 2 aromatic carbocycles. The number of anilines is 1. The molecule has 2 N–H and O–H groups in total. The van der Waals surface area contributed by atoms with Crippen molar-refractivity contribution < 1.29 is 19.1 Å². The highest BCUT2D eigenvalue weighted by atomic mass is 16.5. The fourth-order valence-electron chi connectivity index (χ4n) is 2.48. The van der Waals surface area contributed by atoms with Crippen LogP contribution in [0, 0.1) is 13.8 Å². The van der Waals surface area contributed by atoms with E-state index < -0.39 is 0 Å². The van der Waals surface area contributed by atoms with Crippen LogP contribution in [0.25, 0.3) is 0 Å². The van der Waals surface area contributed by atoms with Crippen LogP contribution in [0.1, 0.15) is 29.5 Å². The molecule has 0 spiro atoms. The van der Waals surface area contributed by atoms with Crippen molar-refractivity contribution >= 4 is 23.7 Å². The Morgan fingerprint density at radius 1 is 1.04 bits per heavy atom. The van der Waals surface area contributed by atoms with Gasteiger partial charge in [-0.3, -0.25) is 9.59 Å². The summed E-state index contributed by atoms with van der Waals surface area (Å²) in [5.41, 5.74) is 5.97. The van der Waals surface area contributed by atoms with Gasteiger partial charge in [0.25, 0.3) is 0 Å². The lowest BCUT2D eigenvalue weighted by Gasteiger charge is -2.10. The number of hydrazone groups is 1. The van der Waals surface area contributed by atoms with Crippen LogP contribution >= 0.6 is 0 Å². The average molecular weight is 383 g/mol. The van der Waals surface area contributed by atoms with Crippen LogP contribution in [0.3, 0.4) is 0 Å². The second-order valence-electron chi connectivity index (χ2n) is 6.20. The summed E-state index contributed by atoms with van der Waals surface area (Å²) in [7, 11) is 3.11. The van der Waals surface area contributed by atoms with Gasteiger partial charge in [-0.1, -0.05) is 12.1 Å². The highest BCUT2D eigenvalue weighted by Gasteiger charge is 2.09. The molecule has 0 bridgehead atoms. The zero-order valence-corrected chi connectivity index (χ0v) is 16.5. The molecule has 0 aliphatic heterocycles. The molecule has 0 radical (unpaired) electrons. The minimum Gasteiger partial charge on any atom is -0.497 e. The quantitative estimate of drug-likeness (QED) is 0.541. The summed E-state index contributed by atoms with van der Waals surface area (Å²) in [4.78, 5) is 24.0. The van der Waals surface area contributed by atoms with Crippen molar-refractivity contribution in [2.75, 3.05) is 19.5 Å². The van der Waals surface area contributed by atoms with Crippen LogP contribution in [-0.2, 0) is 9.59 Å². The monoisotopic (exact) mass is 383 g/mol. The molecule has 2 amide bonds. The smallest absolute Gasteiger partial charge is 0.240 e. The molecule has 0 saturated carbocycles. The molecule has 0 saturated heterocycles. The zero-order chi connectivity index (χ0) is 20.5. The number of hydrogen-bond donors (Lipinski definition) is 2. The van der Waals surface area contributed by atoms with E-state index in [-0.39, 0.29) is 24.7 Å². The van der Waals surface area contributed by atoms with E-state index in [1.165, 1.54) is 6.21 Å². The van der Waals surface area contributed by atoms with Gasteiger partial charge in [0.1, 0.15) is 11.5 Å². The first-order valence-electron chi connectivity index (χ1n) is 8.84. The number of carbonyl (C=O) groups is 2. The van der Waals surface area contributed by atoms with Crippen molar-refractivity contribution in [2.24, 2.45) is 5.10 Å². The van der Waals surface area contributed by atoms with Gasteiger partial charge in [-0.2, -0.15) is 5.10 Å². The summed E-state index contributed by atoms with van der Waals surface area (Å²) in [5, 5.41) is 6.74. The number of benzene rings is 2. The first-order valence-corrected chi connectivity index (χ1v) is 8.84. The van der Waals surface area contributed by atoms with E-state index in [0.29, 0.717) is 17.1 Å². The van der Waals surface area contributed by atoms with E-state index >= 15 is 0 Å². The van der Waals surface area contributed by atoms with Crippen molar-refractivity contribution in [1.82, 2.24) is 5.43 Å². The number of rotatable bonds is 8. The van der Waals surface area contributed by atoms with Gasteiger partial charge in [-0.25, -0.2) is 5.43 Å². The third-order valence-corrected chi connectivity index (χ3v) is 4.29. The predicted molar refractivity (Wildman–Crippen MR) is 109 cm³/mol. The number of ether oxygens (including phenoxy) is 2. The molecule has 0 heterocycles. The maximum Gasteiger partial charge on any atom is 0.240 e. The number of methoxy groups -OCH3 is 2. The second kappa shape index (κ2) is 10.1. The van der Waals surface area contributed by atoms with Crippen LogP contribution in [0.15, 0.2) is 41.5 Å². The molecule has 28 heavy (non-hydrogen) atoms. The molecule has 0 unspecified atom stereocenters. The topological polar surface area (TPSA) is 89.0 Å². The van der Waals surface area contributed by atoms with E-state index in [4.69, 9.17) is 9.47 Å². The molecule has 0 fully saturated rings. The average Bonchev–Trinajstić information content (AvgIpc) is 2.70. The van der Waals surface area contributed by atoms with Crippen molar-refractivity contribution in [3.8, 4) is 11.5 Å². The Labute approximate surface area is 164 Å². The SMILES string of the molecule is COc1ccc(C=NNC(=O)CCC(=O)Nc2cccc(C)c2C)c(OC)c1. The summed E-state index contributed by atoms with van der Waals surface area (Å²) < 4.78 is 10.4. The number of amides is 2. The van der Waals surface area contributed by atoms with Gasteiger partial charge in [0.15, 0.2) is 0 Å². The number of nitrogens with one attached hydrogen (secondary N) is 2. The van der Waals surface area contributed by atoms with E-state index in [1.807, 2.05) is 32.0 Å². The predicted octanol–water partition coefficient (Wildman–Crippen LogP) is 3.19. The summed E-state index contributed by atoms with van der Waals surface area (Å²) >= 11 is 0. The number of hydrogen-bond acceptors (Lipinski definition) is 5. The van der Waals surface area contributed by atoms with Gasteiger partial charge in [0.05, 0.1) is 20.4 Å². The van der Waals surface area contributed by atoms with Crippen LogP contribution in [0.4, 0.5) is 5.69 Å². The van der Waals surface area contributed by atoms with Crippen molar-refractivity contribution in [3.63, 3.8) is 0 Å². The Morgan fingerprint density at radius 3 is 2.50 bits per heavy atom. The lowest BCUT2D eigenvalue weighted by Crippen LogP contribution is -2.21. The molecule has 2 aromatic rings. The number of aryl methyl sites for hydroxylation is 1. The lowest BCUT2D eigenvalue weighted by atomic mass is 10.1. The lowest BCUT2D eigenvalue weighted by molar-refractivity contribution is -0.124. The van der Waals surface area contributed by atoms with E-state index in [1.54, 1.807) is 32.4 Å². The van der Waals surface area contributed by atoms with Gasteiger partial charge in [0, 0.05) is 30.2 Å². The van der Waals surface area contributed by atoms with Crippen LogP contribution in [0.2, 0.25) is 0 Å². The van der Waals surface area contributed by atoms with Gasteiger partial charge in [0.2, 0.25) is 11.8 Å². The Balaban J connectivity index is 1.83. The minimum absolute atomic E-state index is 0.0355. The van der Waals surface area contributed by atoms with Crippen molar-refractivity contribution in [3.05, 3.63) is 53.1 Å². The van der Waals surface area contributed by atoms with Gasteiger partial charge in [-0.05, 0) is 43.2 Å². The molecule has 0 aliphatic carbocycles. The summed E-state index contributed by atoms with van der Waals surface area (Å²) in [5.74, 6) is 0.669. The Bertz CT molecular complexity index is 878. The molecule has 0 aliphatic rings. The Hall–Kier alpha value is -3.35. The third-order valence-electron chi connectivity index (χ3n) is 4.29. The van der Waals surface area contributed by atoms with Crippen LogP contribution in [-0.4, -0.2) is 32.2 Å². The summed E-state index contributed by atoms with van der Waals surface area (Å²) in [6.07, 6.45) is 1.58. The van der Waals surface area contributed by atoms with Gasteiger partial charge >= 0.3 is 0 Å². The van der Waals surface area contributed by atoms with E-state index in [9.17, 15) is 9.59 Å². The maximum absolute atomic E-state index is 12.1. The molecule has 0 atom stereocenters. The van der Waals surface area contributed by atoms with E-state index in [2.05, 4.69) is 15.8 Å². The fourth-order valence-corrected chi connectivity index (χ4v) is 2.48. The Morgan fingerprint density at radius 2 is 1.79 bits per heavy atom. The Kier molecular flexibility index (Phi) is 7.56. The summed E-state index contributed by atoms with van der Waals surface area (Å²) in [6, 6.07) is 11.0. The van der Waals surface area contributed by atoms with Gasteiger partial charge < -0.3 is 14.8 Å². The highest BCUT2D eigenvalue weighted by molar-refractivity contribution is 5.94. The van der Waals surface area contributed by atoms with Gasteiger partial charge in [-0.15, -0.1) is 0 Å². The third kappa shape index (κ3) is 5.84. The largest absolute Gasteiger partial charge is 0.497 e. The molecular weight excluding hydrogens is 358 g/mol. The van der Waals surface area contributed by atoms with E-state index in [0.717, 1.165) is 16.8 Å². The van der Waals surface area contributed by atoms with Crippen molar-refractivity contribution in [1.29, 1.82) is 0 Å². The highest BCUT2D eigenvalue weighted by Crippen LogP contribution is 2.23. The molecule has 0 aromatic heterocycles. The maximum atomic E-state index is 12.1. The van der Waals surface area contributed by atoms with Crippen LogP contribution < -0.4 is 20.2 Å². The first-order chi connectivity index (χ1) is 13.4. The normalized spacial score (nSPS) is 10.6. The number of carbonyl (C=O) groups excluding carboxylic acids is 2.